The standard InChI is InChI=1S/C15H26N4OS/c1-5-13-18-11(4)14(21-13)10(3)17-12-7-8-19(9-12)15(20)16-6-2/h10,12,17H,5-9H2,1-4H3,(H,16,20)/t10-,12-/m1/s1. The van der Waals surface area contributed by atoms with Crippen LogP contribution in [-0.4, -0.2) is 41.6 Å². The number of aryl methyl sites for hydroxylation is 2. The number of hydrogen-bond acceptors (Lipinski definition) is 4. The lowest BCUT2D eigenvalue weighted by atomic mass is 10.2. The van der Waals surface area contributed by atoms with Gasteiger partial charge >= 0.3 is 6.03 Å². The molecule has 1 aromatic heterocycles. The van der Waals surface area contributed by atoms with E-state index >= 15 is 0 Å². The molecule has 0 bridgehead atoms. The summed E-state index contributed by atoms with van der Waals surface area (Å²) >= 11 is 1.80. The summed E-state index contributed by atoms with van der Waals surface area (Å²) in [6, 6.07) is 0.716. The smallest absolute Gasteiger partial charge is 0.317 e. The molecule has 0 spiro atoms. The zero-order valence-electron chi connectivity index (χ0n) is 13.4. The van der Waals surface area contributed by atoms with Crippen molar-refractivity contribution in [3.05, 3.63) is 15.6 Å². The second-order valence-corrected chi connectivity index (χ2v) is 6.68. The first-order chi connectivity index (χ1) is 10.0. The van der Waals surface area contributed by atoms with E-state index in [1.165, 1.54) is 9.88 Å². The molecule has 2 atom stereocenters. The topological polar surface area (TPSA) is 57.3 Å². The van der Waals surface area contributed by atoms with Gasteiger partial charge in [0, 0.05) is 36.6 Å². The third kappa shape index (κ3) is 3.95. The summed E-state index contributed by atoms with van der Waals surface area (Å²) in [7, 11) is 0. The second-order valence-electron chi connectivity index (χ2n) is 5.57. The van der Waals surface area contributed by atoms with Crippen molar-refractivity contribution in [2.24, 2.45) is 0 Å². The minimum Gasteiger partial charge on any atom is -0.338 e. The van der Waals surface area contributed by atoms with Crippen molar-refractivity contribution >= 4 is 17.4 Å². The van der Waals surface area contributed by atoms with Gasteiger partial charge in [0.25, 0.3) is 0 Å². The highest BCUT2D eigenvalue weighted by molar-refractivity contribution is 7.11. The van der Waals surface area contributed by atoms with Crippen molar-refractivity contribution < 1.29 is 4.79 Å². The molecule has 1 saturated heterocycles. The van der Waals surface area contributed by atoms with Crippen molar-refractivity contribution in [2.75, 3.05) is 19.6 Å². The van der Waals surface area contributed by atoms with Gasteiger partial charge in [0.2, 0.25) is 0 Å². The quantitative estimate of drug-likeness (QED) is 0.878. The summed E-state index contributed by atoms with van der Waals surface area (Å²) in [5, 5.41) is 7.71. The van der Waals surface area contributed by atoms with Crippen molar-refractivity contribution in [1.29, 1.82) is 0 Å². The van der Waals surface area contributed by atoms with Crippen LogP contribution in [-0.2, 0) is 6.42 Å². The monoisotopic (exact) mass is 310 g/mol. The Balaban J connectivity index is 1.90. The van der Waals surface area contributed by atoms with Gasteiger partial charge < -0.3 is 15.5 Å². The molecule has 1 aliphatic heterocycles. The van der Waals surface area contributed by atoms with E-state index in [1.54, 1.807) is 11.3 Å². The highest BCUT2D eigenvalue weighted by atomic mass is 32.1. The number of nitrogens with one attached hydrogen (secondary N) is 2. The van der Waals surface area contributed by atoms with E-state index in [0.717, 1.165) is 31.6 Å². The van der Waals surface area contributed by atoms with Crippen LogP contribution in [0.2, 0.25) is 0 Å². The zero-order valence-corrected chi connectivity index (χ0v) is 14.2. The van der Waals surface area contributed by atoms with Crippen molar-refractivity contribution in [1.82, 2.24) is 20.5 Å². The molecule has 0 saturated carbocycles. The van der Waals surface area contributed by atoms with Crippen LogP contribution in [0.1, 0.15) is 48.8 Å². The molecule has 5 nitrogen and oxygen atoms in total. The van der Waals surface area contributed by atoms with Crippen LogP contribution < -0.4 is 10.6 Å². The van der Waals surface area contributed by atoms with Crippen molar-refractivity contribution in [2.45, 2.75) is 52.6 Å². The molecular formula is C15H26N4OS. The summed E-state index contributed by atoms with van der Waals surface area (Å²) in [6.07, 6.45) is 2.01. The molecular weight excluding hydrogens is 284 g/mol. The molecule has 1 aromatic rings. The van der Waals surface area contributed by atoms with E-state index in [-0.39, 0.29) is 6.03 Å². The van der Waals surface area contributed by atoms with Gasteiger partial charge in [0.15, 0.2) is 0 Å². The number of nitrogens with zero attached hydrogens (tertiary/aromatic N) is 2. The Labute approximate surface area is 131 Å². The largest absolute Gasteiger partial charge is 0.338 e. The van der Waals surface area contributed by atoms with Gasteiger partial charge in [-0.05, 0) is 33.6 Å². The molecule has 2 heterocycles. The van der Waals surface area contributed by atoms with Gasteiger partial charge in [-0.3, -0.25) is 0 Å². The summed E-state index contributed by atoms with van der Waals surface area (Å²) in [5.74, 6) is 0. The van der Waals surface area contributed by atoms with E-state index in [1.807, 2.05) is 11.8 Å². The Morgan fingerprint density at radius 3 is 2.90 bits per heavy atom. The molecule has 0 radical (unpaired) electrons. The van der Waals surface area contributed by atoms with Gasteiger partial charge in [-0.25, -0.2) is 9.78 Å². The fourth-order valence-electron chi connectivity index (χ4n) is 2.79. The number of aromatic nitrogens is 1. The normalized spacial score (nSPS) is 19.8. The number of carbonyl (C=O) groups excluding carboxylic acids is 1. The van der Waals surface area contributed by atoms with Gasteiger partial charge in [-0.2, -0.15) is 0 Å². The number of carbonyl (C=O) groups is 1. The number of urea groups is 1. The van der Waals surface area contributed by atoms with Crippen molar-refractivity contribution in [3.63, 3.8) is 0 Å². The molecule has 1 aliphatic rings. The van der Waals surface area contributed by atoms with Gasteiger partial charge in [-0.1, -0.05) is 6.92 Å². The Hall–Kier alpha value is -1.14. The molecule has 0 aliphatic carbocycles. The lowest BCUT2D eigenvalue weighted by molar-refractivity contribution is 0.208. The third-order valence-electron chi connectivity index (χ3n) is 3.86. The van der Waals surface area contributed by atoms with E-state index in [0.29, 0.717) is 18.6 Å². The summed E-state index contributed by atoms with van der Waals surface area (Å²) in [4.78, 5) is 19.6. The molecule has 6 heteroatoms. The Morgan fingerprint density at radius 2 is 2.29 bits per heavy atom. The molecule has 2 amide bonds. The van der Waals surface area contributed by atoms with Gasteiger partial charge in [0.05, 0.1) is 10.7 Å². The van der Waals surface area contributed by atoms with Crippen LogP contribution in [0.4, 0.5) is 4.79 Å². The SMILES string of the molecule is CCNC(=O)N1CC[C@@H](N[C@H](C)c2sc(CC)nc2C)C1. The fourth-order valence-corrected chi connectivity index (χ4v) is 3.81. The maximum atomic E-state index is 11.8. The van der Waals surface area contributed by atoms with E-state index < -0.39 is 0 Å². The van der Waals surface area contributed by atoms with Crippen LogP contribution in [0.5, 0.6) is 0 Å². The lowest BCUT2D eigenvalue weighted by Gasteiger charge is -2.20. The van der Waals surface area contributed by atoms with E-state index in [9.17, 15) is 4.79 Å². The van der Waals surface area contributed by atoms with Crippen LogP contribution in [0.15, 0.2) is 0 Å². The Bertz CT molecular complexity index is 488. The summed E-state index contributed by atoms with van der Waals surface area (Å²) in [5.41, 5.74) is 1.13. The first-order valence-electron chi connectivity index (χ1n) is 7.80. The molecule has 118 valence electrons. The molecule has 0 aromatic carbocycles. The van der Waals surface area contributed by atoms with Crippen LogP contribution in [0.25, 0.3) is 0 Å². The second kappa shape index (κ2) is 7.22. The average molecular weight is 310 g/mol. The molecule has 21 heavy (non-hydrogen) atoms. The number of thiazole rings is 1. The maximum absolute atomic E-state index is 11.8. The zero-order chi connectivity index (χ0) is 15.4. The predicted octanol–water partition coefficient (Wildman–Crippen LogP) is 2.47. The predicted molar refractivity (Wildman–Crippen MR) is 86.8 cm³/mol. The molecule has 1 fully saturated rings. The Kier molecular flexibility index (Phi) is 5.58. The number of hydrogen-bond donors (Lipinski definition) is 2. The number of likely N-dealkylation sites (tertiary alicyclic amines) is 1. The maximum Gasteiger partial charge on any atom is 0.317 e. The fraction of sp³-hybridized carbons (Fsp3) is 0.733. The molecule has 2 rings (SSSR count). The number of rotatable bonds is 5. The highest BCUT2D eigenvalue weighted by Gasteiger charge is 2.27. The minimum atomic E-state index is 0.0525. The average Bonchev–Trinajstić information content (AvgIpc) is 3.05. The van der Waals surface area contributed by atoms with Gasteiger partial charge in [-0.15, -0.1) is 11.3 Å². The highest BCUT2D eigenvalue weighted by Crippen LogP contribution is 2.26. The first-order valence-corrected chi connectivity index (χ1v) is 8.61. The third-order valence-corrected chi connectivity index (χ3v) is 5.35. The summed E-state index contributed by atoms with van der Waals surface area (Å²) < 4.78 is 0. The number of amides is 2. The van der Waals surface area contributed by atoms with Gasteiger partial charge in [0.1, 0.15) is 0 Å². The lowest BCUT2D eigenvalue weighted by Crippen LogP contribution is -2.41. The van der Waals surface area contributed by atoms with E-state index in [2.05, 4.69) is 36.4 Å². The Morgan fingerprint density at radius 1 is 1.52 bits per heavy atom. The van der Waals surface area contributed by atoms with Crippen molar-refractivity contribution in [3.8, 4) is 0 Å². The van der Waals surface area contributed by atoms with Crippen LogP contribution in [0, 0.1) is 6.92 Å². The van der Waals surface area contributed by atoms with Crippen LogP contribution in [0.3, 0.4) is 0 Å². The minimum absolute atomic E-state index is 0.0525. The molecule has 0 unspecified atom stereocenters. The first kappa shape index (κ1) is 16.2. The summed E-state index contributed by atoms with van der Waals surface area (Å²) in [6.45, 7) is 10.7. The molecule has 2 N–H and O–H groups in total. The van der Waals surface area contributed by atoms with Crippen LogP contribution >= 0.6 is 11.3 Å². The van der Waals surface area contributed by atoms with E-state index in [4.69, 9.17) is 0 Å².